The summed E-state index contributed by atoms with van der Waals surface area (Å²) in [4.78, 5) is 0. The van der Waals surface area contributed by atoms with Crippen LogP contribution in [0.1, 0.15) is 24.8 Å². The molecule has 1 aromatic carbocycles. The predicted octanol–water partition coefficient (Wildman–Crippen LogP) is 1.87. The zero-order chi connectivity index (χ0) is 9.86. The summed E-state index contributed by atoms with van der Waals surface area (Å²) in [7, 11) is 6.28. The van der Waals surface area contributed by atoms with Crippen molar-refractivity contribution in [2.45, 2.75) is 31.1 Å². The Morgan fingerprint density at radius 3 is 2.64 bits per heavy atom. The van der Waals surface area contributed by atoms with Crippen molar-refractivity contribution in [3.05, 3.63) is 35.9 Å². The smallest absolute Gasteiger partial charge is 0.0958 e. The first kappa shape index (κ1) is 9.79. The Morgan fingerprint density at radius 1 is 1.21 bits per heavy atom. The lowest BCUT2D eigenvalue weighted by Gasteiger charge is -2.35. The summed E-state index contributed by atoms with van der Waals surface area (Å²) in [5.74, 6) is 0. The van der Waals surface area contributed by atoms with Gasteiger partial charge in [0.15, 0.2) is 0 Å². The van der Waals surface area contributed by atoms with Gasteiger partial charge in [0, 0.05) is 0 Å². The van der Waals surface area contributed by atoms with Crippen LogP contribution in [0.3, 0.4) is 0 Å². The highest BCUT2D eigenvalue weighted by Gasteiger charge is 2.25. The number of nitrogens with one attached hydrogen (secondary N) is 1. The molecule has 0 aliphatic carbocycles. The third kappa shape index (κ3) is 2.39. The highest BCUT2D eigenvalue weighted by Crippen LogP contribution is 2.20. The third-order valence-electron chi connectivity index (χ3n) is 2.89. The molecule has 0 amide bonds. The maximum Gasteiger partial charge on any atom is 0.0958 e. The van der Waals surface area contributed by atoms with Crippen LogP contribution in [0.2, 0.25) is 0 Å². The Bertz CT molecular complexity index is 278. The zero-order valence-corrected chi connectivity index (χ0v) is 8.50. The SMILES string of the molecule is [B]C1(Cc2ccccc2)CCCCN1. The van der Waals surface area contributed by atoms with Crippen LogP contribution < -0.4 is 5.32 Å². The van der Waals surface area contributed by atoms with Gasteiger partial charge in [0.25, 0.3) is 0 Å². The molecule has 1 heterocycles. The van der Waals surface area contributed by atoms with Crippen LogP contribution in [0.25, 0.3) is 0 Å². The molecule has 1 nitrogen and oxygen atoms in total. The van der Waals surface area contributed by atoms with Crippen molar-refractivity contribution in [2.24, 2.45) is 0 Å². The van der Waals surface area contributed by atoms with Crippen LogP contribution in [0, 0.1) is 0 Å². The van der Waals surface area contributed by atoms with Gasteiger partial charge in [-0.15, -0.1) is 0 Å². The van der Waals surface area contributed by atoms with Gasteiger partial charge in [0.1, 0.15) is 0 Å². The van der Waals surface area contributed by atoms with E-state index in [0.29, 0.717) is 0 Å². The van der Waals surface area contributed by atoms with Gasteiger partial charge >= 0.3 is 0 Å². The molecule has 1 atom stereocenters. The molecule has 0 bridgehead atoms. The fourth-order valence-corrected chi connectivity index (χ4v) is 2.10. The molecule has 72 valence electrons. The predicted molar refractivity (Wildman–Crippen MR) is 60.5 cm³/mol. The quantitative estimate of drug-likeness (QED) is 0.693. The molecule has 1 unspecified atom stereocenters. The van der Waals surface area contributed by atoms with Gasteiger partial charge in [-0.25, -0.2) is 0 Å². The lowest BCUT2D eigenvalue weighted by molar-refractivity contribution is 0.353. The highest BCUT2D eigenvalue weighted by atomic mass is 14.9. The van der Waals surface area contributed by atoms with E-state index >= 15 is 0 Å². The first-order valence-electron chi connectivity index (χ1n) is 5.36. The van der Waals surface area contributed by atoms with Crippen molar-refractivity contribution < 1.29 is 0 Å². The second-order valence-corrected chi connectivity index (χ2v) is 4.20. The molecule has 1 aliphatic rings. The number of rotatable bonds is 2. The first-order valence-corrected chi connectivity index (χ1v) is 5.36. The average Bonchev–Trinajstić information content (AvgIpc) is 2.19. The third-order valence-corrected chi connectivity index (χ3v) is 2.89. The topological polar surface area (TPSA) is 12.0 Å². The van der Waals surface area contributed by atoms with Crippen molar-refractivity contribution in [2.75, 3.05) is 6.54 Å². The number of piperidine rings is 1. The maximum atomic E-state index is 6.28. The minimum absolute atomic E-state index is 0.167. The number of hydrogen-bond donors (Lipinski definition) is 1. The molecular formula is C12H16BN. The van der Waals surface area contributed by atoms with Gasteiger partial charge in [0.05, 0.1) is 7.85 Å². The first-order chi connectivity index (χ1) is 6.79. The number of benzene rings is 1. The Hall–Kier alpha value is -0.755. The molecular weight excluding hydrogens is 169 g/mol. The minimum Gasteiger partial charge on any atom is -0.319 e. The lowest BCUT2D eigenvalue weighted by Crippen LogP contribution is -2.50. The molecule has 1 aliphatic heterocycles. The summed E-state index contributed by atoms with van der Waals surface area (Å²) in [5, 5.41) is 3.42. The van der Waals surface area contributed by atoms with E-state index < -0.39 is 0 Å². The lowest BCUT2D eigenvalue weighted by atomic mass is 9.68. The molecule has 1 N–H and O–H groups in total. The van der Waals surface area contributed by atoms with Gasteiger partial charge in [-0.3, -0.25) is 0 Å². The second-order valence-electron chi connectivity index (χ2n) is 4.20. The molecule has 1 fully saturated rings. The Kier molecular flexibility index (Phi) is 2.92. The van der Waals surface area contributed by atoms with Crippen molar-refractivity contribution in [1.82, 2.24) is 5.32 Å². The largest absolute Gasteiger partial charge is 0.319 e. The van der Waals surface area contributed by atoms with Crippen LogP contribution in [-0.4, -0.2) is 19.8 Å². The normalized spacial score (nSPS) is 27.4. The van der Waals surface area contributed by atoms with E-state index in [2.05, 4.69) is 29.6 Å². The highest BCUT2D eigenvalue weighted by molar-refractivity contribution is 6.15. The standard InChI is InChI=1S/C12H16BN/c13-12(8-4-5-9-14-12)10-11-6-2-1-3-7-11/h1-3,6-7,14H,4-5,8-10H2. The molecule has 2 radical (unpaired) electrons. The van der Waals surface area contributed by atoms with Crippen molar-refractivity contribution in [1.29, 1.82) is 0 Å². The van der Waals surface area contributed by atoms with Crippen LogP contribution in [0.5, 0.6) is 0 Å². The van der Waals surface area contributed by atoms with Crippen LogP contribution in [0.15, 0.2) is 30.3 Å². The summed E-state index contributed by atoms with van der Waals surface area (Å²) in [6.45, 7) is 1.06. The summed E-state index contributed by atoms with van der Waals surface area (Å²) in [6.07, 6.45) is 4.53. The Labute approximate surface area is 87.3 Å². The summed E-state index contributed by atoms with van der Waals surface area (Å²) >= 11 is 0. The van der Waals surface area contributed by atoms with Gasteiger partial charge in [-0.1, -0.05) is 36.8 Å². The summed E-state index contributed by atoms with van der Waals surface area (Å²) in [5.41, 5.74) is 1.16. The second kappa shape index (κ2) is 4.18. The van der Waals surface area contributed by atoms with Crippen LogP contribution in [-0.2, 0) is 6.42 Å². The van der Waals surface area contributed by atoms with E-state index in [1.807, 2.05) is 6.07 Å². The Morgan fingerprint density at radius 2 is 2.00 bits per heavy atom. The molecule has 1 saturated heterocycles. The summed E-state index contributed by atoms with van der Waals surface area (Å²) < 4.78 is 0. The molecule has 2 heteroatoms. The van der Waals surface area contributed by atoms with Gasteiger partial charge < -0.3 is 5.32 Å². The van der Waals surface area contributed by atoms with Gasteiger partial charge in [-0.05, 0) is 36.8 Å². The number of hydrogen-bond acceptors (Lipinski definition) is 1. The summed E-state index contributed by atoms with van der Waals surface area (Å²) in [6, 6.07) is 10.5. The molecule has 14 heavy (non-hydrogen) atoms. The Balaban J connectivity index is 2.02. The molecule has 2 rings (SSSR count). The zero-order valence-electron chi connectivity index (χ0n) is 8.50. The van der Waals surface area contributed by atoms with E-state index in [-0.39, 0.29) is 5.44 Å². The van der Waals surface area contributed by atoms with Crippen LogP contribution >= 0.6 is 0 Å². The molecule has 1 aromatic rings. The monoisotopic (exact) mass is 185 g/mol. The van der Waals surface area contributed by atoms with Crippen LogP contribution in [0.4, 0.5) is 0 Å². The van der Waals surface area contributed by atoms with E-state index in [0.717, 1.165) is 19.4 Å². The van der Waals surface area contributed by atoms with E-state index in [4.69, 9.17) is 7.85 Å². The molecule has 0 saturated carbocycles. The van der Waals surface area contributed by atoms with E-state index in [9.17, 15) is 0 Å². The molecule has 0 aromatic heterocycles. The van der Waals surface area contributed by atoms with Crippen molar-refractivity contribution in [3.63, 3.8) is 0 Å². The fourth-order valence-electron chi connectivity index (χ4n) is 2.10. The van der Waals surface area contributed by atoms with E-state index in [1.165, 1.54) is 18.4 Å². The van der Waals surface area contributed by atoms with E-state index in [1.54, 1.807) is 0 Å². The van der Waals surface area contributed by atoms with Gasteiger partial charge in [0.2, 0.25) is 0 Å². The fraction of sp³-hybridized carbons (Fsp3) is 0.500. The average molecular weight is 185 g/mol. The van der Waals surface area contributed by atoms with Crippen molar-refractivity contribution >= 4 is 7.85 Å². The minimum atomic E-state index is -0.167. The van der Waals surface area contributed by atoms with Gasteiger partial charge in [-0.2, -0.15) is 0 Å². The maximum absolute atomic E-state index is 6.28. The van der Waals surface area contributed by atoms with Crippen molar-refractivity contribution in [3.8, 4) is 0 Å². The molecule has 0 spiro atoms.